The summed E-state index contributed by atoms with van der Waals surface area (Å²) in [6.07, 6.45) is 3.16. The van der Waals surface area contributed by atoms with E-state index in [0.29, 0.717) is 0 Å². The fraction of sp³-hybridized carbons (Fsp3) is 0.400. The molecule has 18 heavy (non-hydrogen) atoms. The van der Waals surface area contributed by atoms with Crippen molar-refractivity contribution >= 4 is 44.4 Å². The van der Waals surface area contributed by atoms with Crippen LogP contribution in [0.15, 0.2) is 22.6 Å². The van der Waals surface area contributed by atoms with E-state index in [4.69, 9.17) is 10.2 Å². The summed E-state index contributed by atoms with van der Waals surface area (Å²) in [6, 6.07) is 0. The number of rotatable bonds is 3. The average molecular weight is 386 g/mol. The predicted octanol–water partition coefficient (Wildman–Crippen LogP) is 0.834. The van der Waals surface area contributed by atoms with Crippen molar-refractivity contribution in [3.8, 4) is 0 Å². The Morgan fingerprint density at radius 1 is 1.39 bits per heavy atom. The van der Waals surface area contributed by atoms with Gasteiger partial charge in [-0.2, -0.15) is 0 Å². The first-order chi connectivity index (χ1) is 8.01. The highest BCUT2D eigenvalue weighted by Gasteiger charge is 2.46. The van der Waals surface area contributed by atoms with E-state index >= 15 is 0 Å². The van der Waals surface area contributed by atoms with Gasteiger partial charge in [-0.25, -0.2) is 13.2 Å². The Morgan fingerprint density at radius 3 is 2.22 bits per heavy atom. The third kappa shape index (κ3) is 2.44. The van der Waals surface area contributed by atoms with E-state index in [0.717, 1.165) is 12.3 Å². The summed E-state index contributed by atoms with van der Waals surface area (Å²) in [4.78, 5) is 22.0. The first-order valence-electron chi connectivity index (χ1n) is 4.81. The molecule has 0 bridgehead atoms. The van der Waals surface area contributed by atoms with Crippen LogP contribution in [0.3, 0.4) is 0 Å². The van der Waals surface area contributed by atoms with Gasteiger partial charge >= 0.3 is 11.9 Å². The van der Waals surface area contributed by atoms with Crippen molar-refractivity contribution in [2.45, 2.75) is 10.3 Å². The molecular weight excluding hydrogens is 375 g/mol. The molecule has 0 radical (unpaired) electrons. The zero-order valence-corrected chi connectivity index (χ0v) is 12.5. The summed E-state index contributed by atoms with van der Waals surface area (Å²) in [7, 11) is -3.71. The molecular formula is C10H11IO6S. The maximum Gasteiger partial charge on any atom is 0.333 e. The Hall–Kier alpha value is -0.900. The van der Waals surface area contributed by atoms with Gasteiger partial charge in [0, 0.05) is 12.2 Å². The molecule has 8 heteroatoms. The molecule has 6 nitrogen and oxygen atoms in total. The molecule has 0 heterocycles. The maximum atomic E-state index is 11.5. The maximum absolute atomic E-state index is 11.5. The third-order valence-electron chi connectivity index (χ3n) is 2.76. The fourth-order valence-electron chi connectivity index (χ4n) is 1.72. The molecule has 1 aliphatic carbocycles. The normalized spacial score (nSPS) is 28.3. The van der Waals surface area contributed by atoms with Gasteiger partial charge in [0.15, 0.2) is 9.84 Å². The minimum Gasteiger partial charge on any atom is -0.480 e. The van der Waals surface area contributed by atoms with Gasteiger partial charge in [0.2, 0.25) is 0 Å². The van der Waals surface area contributed by atoms with E-state index in [9.17, 15) is 18.0 Å². The average Bonchev–Trinajstić information content (AvgIpc) is 2.19. The van der Waals surface area contributed by atoms with Crippen LogP contribution < -0.4 is 0 Å². The molecule has 2 atom stereocenters. The molecule has 2 N–H and O–H groups in total. The summed E-state index contributed by atoms with van der Waals surface area (Å²) in [5.41, 5.74) is -0.392. The second-order valence-corrected chi connectivity index (χ2v) is 7.75. The lowest BCUT2D eigenvalue weighted by atomic mass is 9.83. The minimum atomic E-state index is -3.71. The van der Waals surface area contributed by atoms with Crippen LogP contribution in [0.2, 0.25) is 0 Å². The molecule has 0 amide bonds. The van der Waals surface area contributed by atoms with Crippen LogP contribution in [0.25, 0.3) is 0 Å². The zero-order valence-electron chi connectivity index (χ0n) is 9.55. The summed E-state index contributed by atoms with van der Waals surface area (Å²) < 4.78 is 21.6. The molecule has 0 fully saturated rings. The Bertz CT molecular complexity index is 573. The molecule has 1 aliphatic rings. The molecule has 0 aliphatic heterocycles. The van der Waals surface area contributed by atoms with Crippen LogP contribution in [0, 0.1) is 5.92 Å². The first-order valence-corrected chi connectivity index (χ1v) is 7.78. The molecule has 0 spiro atoms. The Kier molecular flexibility index (Phi) is 3.92. The Balaban J connectivity index is 3.56. The largest absolute Gasteiger partial charge is 0.480 e. The first kappa shape index (κ1) is 15.2. The van der Waals surface area contributed by atoms with Crippen LogP contribution in [-0.2, 0) is 19.4 Å². The monoisotopic (exact) mass is 386 g/mol. The van der Waals surface area contributed by atoms with Crippen molar-refractivity contribution in [1.29, 1.82) is 0 Å². The number of aliphatic carboxylic acids is 2. The number of hydrogen-bond donors (Lipinski definition) is 2. The SMILES string of the molecule is CC1C(C(=O)O)=C(S(C)(=O)=O)C=CC1(I)C(=O)O. The summed E-state index contributed by atoms with van der Waals surface area (Å²) in [6.45, 7) is 1.39. The number of hydrogen-bond acceptors (Lipinski definition) is 4. The van der Waals surface area contributed by atoms with E-state index in [1.807, 2.05) is 0 Å². The fourth-order valence-corrected chi connectivity index (χ4v) is 3.19. The van der Waals surface area contributed by atoms with Crippen molar-refractivity contribution in [3.05, 3.63) is 22.6 Å². The smallest absolute Gasteiger partial charge is 0.333 e. The van der Waals surface area contributed by atoms with Crippen molar-refractivity contribution in [3.63, 3.8) is 0 Å². The van der Waals surface area contributed by atoms with Crippen molar-refractivity contribution in [2.75, 3.05) is 6.26 Å². The van der Waals surface area contributed by atoms with E-state index < -0.39 is 36.7 Å². The molecule has 0 aromatic carbocycles. The number of carbonyl (C=O) groups is 2. The second-order valence-electron chi connectivity index (χ2n) is 3.98. The zero-order chi connectivity index (χ0) is 14.3. The number of carboxylic acids is 2. The topological polar surface area (TPSA) is 109 Å². The minimum absolute atomic E-state index is 0.337. The quantitative estimate of drug-likeness (QED) is 0.550. The highest BCUT2D eigenvalue weighted by molar-refractivity contribution is 14.1. The van der Waals surface area contributed by atoms with Crippen molar-refractivity contribution in [2.24, 2.45) is 5.92 Å². The lowest BCUT2D eigenvalue weighted by molar-refractivity contribution is -0.139. The van der Waals surface area contributed by atoms with Crippen molar-refractivity contribution < 1.29 is 28.2 Å². The van der Waals surface area contributed by atoms with Gasteiger partial charge in [0.05, 0.1) is 10.5 Å². The molecule has 0 aromatic heterocycles. The Morgan fingerprint density at radius 2 is 1.89 bits per heavy atom. The van der Waals surface area contributed by atoms with E-state index in [1.54, 1.807) is 22.6 Å². The third-order valence-corrected chi connectivity index (χ3v) is 5.67. The van der Waals surface area contributed by atoms with Crippen LogP contribution in [-0.4, -0.2) is 40.2 Å². The van der Waals surface area contributed by atoms with Crippen LogP contribution in [0.5, 0.6) is 0 Å². The van der Waals surface area contributed by atoms with Gasteiger partial charge < -0.3 is 10.2 Å². The van der Waals surface area contributed by atoms with Crippen LogP contribution in [0.4, 0.5) is 0 Å². The van der Waals surface area contributed by atoms with Gasteiger partial charge in [0.25, 0.3) is 0 Å². The number of carboxylic acid groups (broad SMARTS) is 2. The highest BCUT2D eigenvalue weighted by atomic mass is 127. The number of sulfone groups is 1. The molecule has 100 valence electrons. The molecule has 2 unspecified atom stereocenters. The molecule has 0 aromatic rings. The van der Waals surface area contributed by atoms with E-state index in [-0.39, 0.29) is 4.91 Å². The van der Waals surface area contributed by atoms with E-state index in [1.165, 1.54) is 13.0 Å². The van der Waals surface area contributed by atoms with Gasteiger partial charge in [0.1, 0.15) is 3.42 Å². The summed E-state index contributed by atoms with van der Waals surface area (Å²) in [5.74, 6) is -3.59. The van der Waals surface area contributed by atoms with Crippen molar-refractivity contribution in [1.82, 2.24) is 0 Å². The van der Waals surface area contributed by atoms with E-state index in [2.05, 4.69) is 0 Å². The second kappa shape index (κ2) is 4.65. The lowest BCUT2D eigenvalue weighted by Gasteiger charge is -2.31. The van der Waals surface area contributed by atoms with Gasteiger partial charge in [-0.05, 0) is 6.08 Å². The highest BCUT2D eigenvalue weighted by Crippen LogP contribution is 2.41. The molecule has 1 rings (SSSR count). The summed E-state index contributed by atoms with van der Waals surface area (Å²) in [5, 5.41) is 18.2. The van der Waals surface area contributed by atoms with Gasteiger partial charge in [-0.3, -0.25) is 4.79 Å². The number of halogens is 1. The predicted molar refractivity (Wildman–Crippen MR) is 72.2 cm³/mol. The van der Waals surface area contributed by atoms with Crippen LogP contribution in [0.1, 0.15) is 6.92 Å². The lowest BCUT2D eigenvalue weighted by Crippen LogP contribution is -2.41. The van der Waals surface area contributed by atoms with Gasteiger partial charge in [-0.15, -0.1) is 0 Å². The van der Waals surface area contributed by atoms with Crippen LogP contribution >= 0.6 is 22.6 Å². The molecule has 0 saturated heterocycles. The van der Waals surface area contributed by atoms with Gasteiger partial charge in [-0.1, -0.05) is 35.6 Å². The number of allylic oxidation sites excluding steroid dienone is 1. The molecule has 0 saturated carbocycles. The Labute approximate surface area is 117 Å². The number of alkyl halides is 1. The standard InChI is InChI=1S/C10H11IO6S/c1-5-7(8(12)13)6(18(2,16)17)3-4-10(5,11)9(14)15/h3-5H,1-2H3,(H,12,13)(H,14,15). The summed E-state index contributed by atoms with van der Waals surface area (Å²) >= 11 is 1.61.